The van der Waals surface area contributed by atoms with Crippen LogP contribution >= 0.6 is 0 Å². The molecule has 1 atom stereocenters. The number of nitrogens with zero attached hydrogens (tertiary/aromatic N) is 4. The highest BCUT2D eigenvalue weighted by Crippen LogP contribution is 2.30. The Morgan fingerprint density at radius 1 is 1.35 bits per heavy atom. The molecule has 1 unspecified atom stereocenters. The van der Waals surface area contributed by atoms with Gasteiger partial charge in [-0.25, -0.2) is 9.78 Å². The zero-order valence-electron chi connectivity index (χ0n) is 15.0. The zero-order valence-corrected chi connectivity index (χ0v) is 15.0. The third-order valence-electron chi connectivity index (χ3n) is 4.94. The number of amides is 2. The largest absolute Gasteiger partial charge is 0.340 e. The summed E-state index contributed by atoms with van der Waals surface area (Å²) in [5, 5.41) is 7.21. The van der Waals surface area contributed by atoms with E-state index in [4.69, 9.17) is 4.98 Å². The van der Waals surface area contributed by atoms with E-state index in [-0.39, 0.29) is 12.1 Å². The molecular weight excluding hydrogens is 328 g/mol. The molecule has 1 saturated heterocycles. The highest BCUT2D eigenvalue weighted by Gasteiger charge is 2.30. The predicted octanol–water partition coefficient (Wildman–Crippen LogP) is 2.78. The Balaban J connectivity index is 1.43. The highest BCUT2D eigenvalue weighted by molar-refractivity contribution is 5.76. The molecule has 0 aliphatic carbocycles. The topological polar surface area (TPSA) is 78.8 Å². The average molecular weight is 352 g/mol. The number of nitrogens with one attached hydrogen (secondary N) is 2. The molecule has 2 amide bonds. The van der Waals surface area contributed by atoms with E-state index in [2.05, 4.69) is 15.4 Å². The summed E-state index contributed by atoms with van der Waals surface area (Å²) in [6, 6.07) is 7.99. The lowest BCUT2D eigenvalue weighted by Crippen LogP contribution is -2.45. The molecule has 1 aromatic carbocycles. The van der Waals surface area contributed by atoms with Crippen molar-refractivity contribution >= 4 is 17.1 Å². The van der Waals surface area contributed by atoms with Crippen molar-refractivity contribution < 1.29 is 4.79 Å². The Morgan fingerprint density at radius 2 is 2.23 bits per heavy atom. The van der Waals surface area contributed by atoms with Gasteiger partial charge >= 0.3 is 6.03 Å². The predicted molar refractivity (Wildman–Crippen MR) is 99.7 cm³/mol. The van der Waals surface area contributed by atoms with Gasteiger partial charge in [0.2, 0.25) is 0 Å². The standard InChI is InChI=1S/C19H24N6O/c1-24-13-14(12-21-24)9-10-20-19(26)25-11-5-4-8-17(25)18-22-15-6-2-3-7-16(15)23-18/h2-3,6-7,12-13,17H,4-5,8-11H2,1H3,(H,20,26)(H,22,23). The van der Waals surface area contributed by atoms with Crippen LogP contribution in [0.5, 0.6) is 0 Å². The van der Waals surface area contributed by atoms with E-state index >= 15 is 0 Å². The van der Waals surface area contributed by atoms with Gasteiger partial charge in [0.05, 0.1) is 23.3 Å². The lowest BCUT2D eigenvalue weighted by atomic mass is 10.0. The van der Waals surface area contributed by atoms with Gasteiger partial charge in [0.15, 0.2) is 0 Å². The van der Waals surface area contributed by atoms with Crippen molar-refractivity contribution in [2.45, 2.75) is 31.7 Å². The van der Waals surface area contributed by atoms with Gasteiger partial charge in [0.25, 0.3) is 0 Å². The van der Waals surface area contributed by atoms with Crippen LogP contribution in [0.25, 0.3) is 11.0 Å². The van der Waals surface area contributed by atoms with Gasteiger partial charge in [-0.3, -0.25) is 4.68 Å². The normalized spacial score (nSPS) is 17.6. The number of fused-ring (bicyclic) bond motifs is 1. The van der Waals surface area contributed by atoms with Crippen molar-refractivity contribution in [1.82, 2.24) is 30.0 Å². The van der Waals surface area contributed by atoms with Crippen molar-refractivity contribution in [2.24, 2.45) is 7.05 Å². The van der Waals surface area contributed by atoms with Crippen molar-refractivity contribution in [2.75, 3.05) is 13.1 Å². The number of aryl methyl sites for hydroxylation is 1. The minimum Gasteiger partial charge on any atom is -0.340 e. The second-order valence-corrected chi connectivity index (χ2v) is 6.85. The molecule has 4 rings (SSSR count). The Hall–Kier alpha value is -2.83. The fourth-order valence-corrected chi connectivity index (χ4v) is 3.61. The molecule has 136 valence electrons. The van der Waals surface area contributed by atoms with Crippen LogP contribution in [0, 0.1) is 0 Å². The van der Waals surface area contributed by atoms with Crippen LogP contribution in [0.3, 0.4) is 0 Å². The van der Waals surface area contributed by atoms with Gasteiger partial charge in [-0.15, -0.1) is 0 Å². The number of rotatable bonds is 4. The first-order valence-corrected chi connectivity index (χ1v) is 9.17. The SMILES string of the molecule is Cn1cc(CCNC(=O)N2CCCCC2c2nc3ccccc3[nH]2)cn1. The van der Waals surface area contributed by atoms with Crippen molar-refractivity contribution in [3.8, 4) is 0 Å². The molecule has 2 aromatic heterocycles. The second-order valence-electron chi connectivity index (χ2n) is 6.85. The first-order valence-electron chi connectivity index (χ1n) is 9.17. The number of carbonyl (C=O) groups excluding carboxylic acids is 1. The lowest BCUT2D eigenvalue weighted by Gasteiger charge is -2.34. The van der Waals surface area contributed by atoms with Crippen LogP contribution in [0.4, 0.5) is 4.79 Å². The minimum absolute atomic E-state index is 0.00884. The quantitative estimate of drug-likeness (QED) is 0.758. The fourth-order valence-electron chi connectivity index (χ4n) is 3.61. The maximum Gasteiger partial charge on any atom is 0.318 e. The molecule has 26 heavy (non-hydrogen) atoms. The highest BCUT2D eigenvalue weighted by atomic mass is 16.2. The molecule has 0 bridgehead atoms. The van der Waals surface area contributed by atoms with E-state index in [1.807, 2.05) is 48.6 Å². The molecular formula is C19H24N6O. The number of hydrogen-bond acceptors (Lipinski definition) is 3. The molecule has 7 heteroatoms. The first-order chi connectivity index (χ1) is 12.7. The fraction of sp³-hybridized carbons (Fsp3) is 0.421. The summed E-state index contributed by atoms with van der Waals surface area (Å²) in [4.78, 5) is 22.8. The summed E-state index contributed by atoms with van der Waals surface area (Å²) in [6.07, 6.45) is 7.68. The number of carbonyl (C=O) groups is 1. The molecule has 3 aromatic rings. The molecule has 0 radical (unpaired) electrons. The number of imidazole rings is 1. The van der Waals surface area contributed by atoms with Gasteiger partial charge in [-0.1, -0.05) is 12.1 Å². The monoisotopic (exact) mass is 352 g/mol. The number of likely N-dealkylation sites (tertiary alicyclic amines) is 1. The minimum atomic E-state index is -0.0148. The maximum absolute atomic E-state index is 12.7. The van der Waals surface area contributed by atoms with Gasteiger partial charge in [0, 0.05) is 26.3 Å². The van der Waals surface area contributed by atoms with Crippen LogP contribution in [0.2, 0.25) is 0 Å². The van der Waals surface area contributed by atoms with Crippen LogP contribution in [0.15, 0.2) is 36.7 Å². The summed E-state index contributed by atoms with van der Waals surface area (Å²) < 4.78 is 1.78. The number of urea groups is 1. The Kier molecular flexibility index (Phi) is 4.60. The van der Waals surface area contributed by atoms with Crippen LogP contribution < -0.4 is 5.32 Å². The number of aromatic nitrogens is 4. The number of H-pyrrole nitrogens is 1. The number of para-hydroxylation sites is 2. The first kappa shape index (κ1) is 16.6. The second kappa shape index (κ2) is 7.19. The van der Waals surface area contributed by atoms with E-state index in [1.165, 1.54) is 0 Å². The molecule has 2 N–H and O–H groups in total. The smallest absolute Gasteiger partial charge is 0.318 e. The van der Waals surface area contributed by atoms with Gasteiger partial charge < -0.3 is 15.2 Å². The summed E-state index contributed by atoms with van der Waals surface area (Å²) >= 11 is 0. The van der Waals surface area contributed by atoms with Crippen molar-refractivity contribution in [3.63, 3.8) is 0 Å². The third-order valence-corrected chi connectivity index (χ3v) is 4.94. The maximum atomic E-state index is 12.7. The molecule has 0 saturated carbocycles. The molecule has 3 heterocycles. The van der Waals surface area contributed by atoms with E-state index in [0.29, 0.717) is 6.54 Å². The average Bonchev–Trinajstić information content (AvgIpc) is 3.27. The third kappa shape index (κ3) is 3.42. The van der Waals surface area contributed by atoms with E-state index in [1.54, 1.807) is 4.68 Å². The van der Waals surface area contributed by atoms with Crippen molar-refractivity contribution in [1.29, 1.82) is 0 Å². The van der Waals surface area contributed by atoms with Crippen LogP contribution in [-0.4, -0.2) is 43.8 Å². The van der Waals surface area contributed by atoms with E-state index < -0.39 is 0 Å². The molecule has 0 spiro atoms. The Bertz CT molecular complexity index is 865. The van der Waals surface area contributed by atoms with Crippen LogP contribution in [-0.2, 0) is 13.5 Å². The van der Waals surface area contributed by atoms with Gasteiger partial charge in [-0.05, 0) is 43.4 Å². The molecule has 1 fully saturated rings. The number of benzene rings is 1. The number of aromatic amines is 1. The van der Waals surface area contributed by atoms with Crippen LogP contribution in [0.1, 0.15) is 36.7 Å². The van der Waals surface area contributed by atoms with E-state index in [0.717, 1.165) is 54.6 Å². The van der Waals surface area contributed by atoms with Gasteiger partial charge in [-0.2, -0.15) is 5.10 Å². The zero-order chi connectivity index (χ0) is 17.9. The Labute approximate surface area is 152 Å². The lowest BCUT2D eigenvalue weighted by molar-refractivity contribution is 0.148. The number of hydrogen-bond donors (Lipinski definition) is 2. The summed E-state index contributed by atoms with van der Waals surface area (Å²) in [7, 11) is 1.90. The van der Waals surface area contributed by atoms with Gasteiger partial charge in [0.1, 0.15) is 5.82 Å². The summed E-state index contributed by atoms with van der Waals surface area (Å²) in [5.74, 6) is 0.883. The summed E-state index contributed by atoms with van der Waals surface area (Å²) in [5.41, 5.74) is 3.09. The molecule has 7 nitrogen and oxygen atoms in total. The molecule has 1 aliphatic heterocycles. The van der Waals surface area contributed by atoms with E-state index in [9.17, 15) is 4.79 Å². The molecule has 1 aliphatic rings. The Morgan fingerprint density at radius 3 is 3.04 bits per heavy atom. The number of piperidine rings is 1. The summed E-state index contributed by atoms with van der Waals surface area (Å²) in [6.45, 7) is 1.37. The van der Waals surface area contributed by atoms with Crippen molar-refractivity contribution in [3.05, 3.63) is 48.0 Å².